The average molecular weight is 190 g/mol. The summed E-state index contributed by atoms with van der Waals surface area (Å²) in [6, 6.07) is -1.02. The summed E-state index contributed by atoms with van der Waals surface area (Å²) in [6.45, 7) is -0.100. The lowest BCUT2D eigenvalue weighted by Crippen LogP contribution is -2.41. The number of nitrogens with one attached hydrogen (secondary N) is 1. The Morgan fingerprint density at radius 2 is 2.08 bits per heavy atom. The third-order valence-corrected chi connectivity index (χ3v) is 1.42. The molecule has 13 heavy (non-hydrogen) atoms. The second-order valence-corrected chi connectivity index (χ2v) is 2.51. The van der Waals surface area contributed by atoms with Crippen LogP contribution in [0.1, 0.15) is 12.8 Å². The highest BCUT2D eigenvalue weighted by atomic mass is 16.4. The molecule has 0 aromatic heterocycles. The SMILES string of the molecule is NCCC(=O)NC(CCO)C(=O)O. The Morgan fingerprint density at radius 3 is 2.46 bits per heavy atom. The van der Waals surface area contributed by atoms with Crippen LogP contribution in [0.5, 0.6) is 0 Å². The van der Waals surface area contributed by atoms with Gasteiger partial charge in [-0.2, -0.15) is 0 Å². The van der Waals surface area contributed by atoms with Crippen LogP contribution in [-0.2, 0) is 9.59 Å². The van der Waals surface area contributed by atoms with E-state index in [-0.39, 0.29) is 26.0 Å². The Balaban J connectivity index is 3.94. The van der Waals surface area contributed by atoms with E-state index in [9.17, 15) is 9.59 Å². The van der Waals surface area contributed by atoms with Gasteiger partial charge in [0.1, 0.15) is 6.04 Å². The normalized spacial score (nSPS) is 12.2. The lowest BCUT2D eigenvalue weighted by Gasteiger charge is -2.12. The van der Waals surface area contributed by atoms with Crippen molar-refractivity contribution < 1.29 is 19.8 Å². The first-order valence-electron chi connectivity index (χ1n) is 3.95. The maximum absolute atomic E-state index is 10.9. The minimum absolute atomic E-state index is 0.00560. The number of amides is 1. The highest BCUT2D eigenvalue weighted by molar-refractivity contribution is 5.83. The van der Waals surface area contributed by atoms with Crippen LogP contribution in [0.3, 0.4) is 0 Å². The summed E-state index contributed by atoms with van der Waals surface area (Å²) < 4.78 is 0. The van der Waals surface area contributed by atoms with Gasteiger partial charge in [0.2, 0.25) is 5.91 Å². The van der Waals surface area contributed by atoms with Crippen LogP contribution in [0.4, 0.5) is 0 Å². The number of nitrogens with two attached hydrogens (primary N) is 1. The van der Waals surface area contributed by atoms with Crippen molar-refractivity contribution in [2.75, 3.05) is 13.2 Å². The van der Waals surface area contributed by atoms with Gasteiger partial charge in [0.05, 0.1) is 0 Å². The molecule has 76 valence electrons. The third-order valence-electron chi connectivity index (χ3n) is 1.42. The van der Waals surface area contributed by atoms with Crippen LogP contribution in [0.2, 0.25) is 0 Å². The highest BCUT2D eigenvalue weighted by Crippen LogP contribution is 1.92. The molecule has 0 aliphatic rings. The van der Waals surface area contributed by atoms with Gasteiger partial charge in [-0.1, -0.05) is 0 Å². The molecule has 0 spiro atoms. The molecule has 0 saturated heterocycles. The van der Waals surface area contributed by atoms with Crippen molar-refractivity contribution in [1.82, 2.24) is 5.32 Å². The monoisotopic (exact) mass is 190 g/mol. The number of aliphatic hydroxyl groups is 1. The second kappa shape index (κ2) is 6.38. The van der Waals surface area contributed by atoms with Crippen molar-refractivity contribution >= 4 is 11.9 Å². The summed E-state index contributed by atoms with van der Waals surface area (Å²) in [4.78, 5) is 21.4. The Kier molecular flexibility index (Phi) is 5.82. The lowest BCUT2D eigenvalue weighted by atomic mass is 10.2. The predicted molar refractivity (Wildman–Crippen MR) is 44.9 cm³/mol. The number of hydrogen-bond acceptors (Lipinski definition) is 4. The number of rotatable bonds is 6. The fourth-order valence-corrected chi connectivity index (χ4v) is 0.784. The Bertz CT molecular complexity index is 183. The van der Waals surface area contributed by atoms with E-state index in [0.29, 0.717) is 0 Å². The van der Waals surface area contributed by atoms with E-state index in [1.54, 1.807) is 0 Å². The van der Waals surface area contributed by atoms with Crippen molar-refractivity contribution in [3.05, 3.63) is 0 Å². The molecule has 0 rings (SSSR count). The highest BCUT2D eigenvalue weighted by Gasteiger charge is 2.18. The average Bonchev–Trinajstić information content (AvgIpc) is 2.04. The van der Waals surface area contributed by atoms with Gasteiger partial charge < -0.3 is 21.3 Å². The van der Waals surface area contributed by atoms with Gasteiger partial charge >= 0.3 is 5.97 Å². The molecule has 6 nitrogen and oxygen atoms in total. The van der Waals surface area contributed by atoms with E-state index in [1.165, 1.54) is 0 Å². The number of aliphatic hydroxyl groups excluding tert-OH is 1. The molecule has 0 aromatic carbocycles. The van der Waals surface area contributed by atoms with Crippen molar-refractivity contribution in [3.63, 3.8) is 0 Å². The number of carbonyl (C=O) groups is 2. The number of carboxylic acids is 1. The van der Waals surface area contributed by atoms with Crippen molar-refractivity contribution in [2.45, 2.75) is 18.9 Å². The molecule has 0 aliphatic carbocycles. The molecule has 1 atom stereocenters. The zero-order chi connectivity index (χ0) is 10.3. The molecule has 1 amide bonds. The van der Waals surface area contributed by atoms with E-state index < -0.39 is 17.9 Å². The summed E-state index contributed by atoms with van der Waals surface area (Å²) in [7, 11) is 0. The van der Waals surface area contributed by atoms with Crippen molar-refractivity contribution in [3.8, 4) is 0 Å². The van der Waals surface area contributed by atoms with Gasteiger partial charge in [0, 0.05) is 26.0 Å². The fourth-order valence-electron chi connectivity index (χ4n) is 0.784. The molecule has 0 bridgehead atoms. The van der Waals surface area contributed by atoms with Crippen molar-refractivity contribution in [1.29, 1.82) is 0 Å². The third kappa shape index (κ3) is 5.15. The standard InChI is InChI=1S/C7H14N2O4/c8-3-1-6(11)9-5(2-4-10)7(12)13/h5,10H,1-4,8H2,(H,9,11)(H,12,13). The van der Waals surface area contributed by atoms with Gasteiger partial charge in [-0.3, -0.25) is 4.79 Å². The van der Waals surface area contributed by atoms with Gasteiger partial charge in [0.25, 0.3) is 0 Å². The van der Waals surface area contributed by atoms with Crippen LogP contribution < -0.4 is 11.1 Å². The quantitative estimate of drug-likeness (QED) is 0.398. The summed E-state index contributed by atoms with van der Waals surface area (Å²) in [6.07, 6.45) is 0.0981. The molecule has 0 aliphatic heterocycles. The maximum Gasteiger partial charge on any atom is 0.326 e. The summed E-state index contributed by atoms with van der Waals surface area (Å²) in [5.41, 5.74) is 5.10. The molecule has 0 fully saturated rings. The minimum atomic E-state index is -1.15. The molecule has 1 unspecified atom stereocenters. The second-order valence-electron chi connectivity index (χ2n) is 2.51. The number of aliphatic carboxylic acids is 1. The number of hydrogen-bond donors (Lipinski definition) is 4. The van der Waals surface area contributed by atoms with Crippen LogP contribution in [0, 0.1) is 0 Å². The first kappa shape index (κ1) is 11.9. The predicted octanol–water partition coefficient (Wildman–Crippen LogP) is -1.71. The summed E-state index contributed by atoms with van der Waals surface area (Å²) in [5.74, 6) is -1.57. The summed E-state index contributed by atoms with van der Waals surface area (Å²) in [5, 5.41) is 19.3. The van der Waals surface area contributed by atoms with Gasteiger partial charge in [-0.25, -0.2) is 4.79 Å². The molecule has 0 saturated carbocycles. The fraction of sp³-hybridized carbons (Fsp3) is 0.714. The van der Waals surface area contributed by atoms with Gasteiger partial charge in [-0.15, -0.1) is 0 Å². The van der Waals surface area contributed by atoms with E-state index in [0.717, 1.165) is 0 Å². The summed E-state index contributed by atoms with van der Waals surface area (Å²) >= 11 is 0. The Morgan fingerprint density at radius 1 is 1.46 bits per heavy atom. The molecular formula is C7H14N2O4. The minimum Gasteiger partial charge on any atom is -0.480 e. The molecular weight excluding hydrogens is 176 g/mol. The van der Waals surface area contributed by atoms with Crippen LogP contribution in [-0.4, -0.2) is 41.3 Å². The smallest absolute Gasteiger partial charge is 0.326 e. The topological polar surface area (TPSA) is 113 Å². The van der Waals surface area contributed by atoms with E-state index in [2.05, 4.69) is 5.32 Å². The van der Waals surface area contributed by atoms with Gasteiger partial charge in [-0.05, 0) is 0 Å². The molecule has 0 radical (unpaired) electrons. The van der Waals surface area contributed by atoms with E-state index in [1.807, 2.05) is 0 Å². The zero-order valence-corrected chi connectivity index (χ0v) is 7.19. The first-order valence-corrected chi connectivity index (χ1v) is 3.95. The number of carbonyl (C=O) groups excluding carboxylic acids is 1. The Labute approximate surface area is 75.7 Å². The van der Waals surface area contributed by atoms with Gasteiger partial charge in [0.15, 0.2) is 0 Å². The zero-order valence-electron chi connectivity index (χ0n) is 7.19. The molecule has 0 heterocycles. The first-order chi connectivity index (χ1) is 6.11. The molecule has 0 aromatic rings. The van der Waals surface area contributed by atoms with E-state index >= 15 is 0 Å². The van der Waals surface area contributed by atoms with Crippen LogP contribution in [0.25, 0.3) is 0 Å². The number of carboxylic acid groups (broad SMARTS) is 1. The van der Waals surface area contributed by atoms with E-state index in [4.69, 9.17) is 15.9 Å². The maximum atomic E-state index is 10.9. The van der Waals surface area contributed by atoms with Crippen molar-refractivity contribution in [2.24, 2.45) is 5.73 Å². The van der Waals surface area contributed by atoms with Crippen LogP contribution in [0.15, 0.2) is 0 Å². The Hall–Kier alpha value is -1.14. The lowest BCUT2D eigenvalue weighted by molar-refractivity contribution is -0.142. The molecule has 6 heteroatoms. The molecule has 5 N–H and O–H groups in total. The largest absolute Gasteiger partial charge is 0.480 e. The van der Waals surface area contributed by atoms with Crippen LogP contribution >= 0.6 is 0 Å².